The lowest BCUT2D eigenvalue weighted by atomic mass is 9.44. The van der Waals surface area contributed by atoms with Gasteiger partial charge < -0.3 is 20.4 Å². The maximum absolute atomic E-state index is 11.2. The zero-order chi connectivity index (χ0) is 21.7. The Kier molecular flexibility index (Phi) is 6.63. The molecule has 0 aromatic heterocycles. The normalized spacial score (nSPS) is 49.4. The molecule has 0 amide bonds. The fraction of sp³-hybridized carbons (Fsp3) is 1.00. The predicted molar refractivity (Wildman–Crippen MR) is 123 cm³/mol. The summed E-state index contributed by atoms with van der Waals surface area (Å²) < 4.78 is 0. The van der Waals surface area contributed by atoms with Crippen molar-refractivity contribution in [2.24, 2.45) is 40.4 Å². The number of hydrogen-bond acceptors (Lipinski definition) is 4. The largest absolute Gasteiger partial charge is 0.393 e. The smallest absolute Gasteiger partial charge is 0.0591 e. The van der Waals surface area contributed by atoms with Crippen LogP contribution in [-0.2, 0) is 0 Å². The minimum atomic E-state index is -0.159. The van der Waals surface area contributed by atoms with Crippen molar-refractivity contribution in [1.82, 2.24) is 10.2 Å². The van der Waals surface area contributed by atoms with Crippen LogP contribution in [0.1, 0.15) is 78.6 Å². The second-order valence-corrected chi connectivity index (χ2v) is 12.4. The Balaban J connectivity index is 1.46. The van der Waals surface area contributed by atoms with Crippen molar-refractivity contribution in [3.05, 3.63) is 0 Å². The topological polar surface area (TPSA) is 55.7 Å². The summed E-state index contributed by atoms with van der Waals surface area (Å²) in [6.07, 6.45) is 10.4. The van der Waals surface area contributed by atoms with Gasteiger partial charge in [0.2, 0.25) is 0 Å². The van der Waals surface area contributed by atoms with Crippen molar-refractivity contribution in [3.8, 4) is 0 Å². The summed E-state index contributed by atoms with van der Waals surface area (Å²) in [5.74, 6) is 3.34. The molecule has 10 atom stereocenters. The highest BCUT2D eigenvalue weighted by molar-refractivity contribution is 5.12. The Morgan fingerprint density at radius 2 is 1.70 bits per heavy atom. The van der Waals surface area contributed by atoms with Gasteiger partial charge in [0.05, 0.1) is 12.2 Å². The number of nitrogens with one attached hydrogen (secondary N) is 1. The molecule has 4 rings (SSSR count). The maximum atomic E-state index is 11.2. The second kappa shape index (κ2) is 8.65. The fourth-order valence-electron chi connectivity index (χ4n) is 9.04. The van der Waals surface area contributed by atoms with Gasteiger partial charge in [0, 0.05) is 12.0 Å². The summed E-state index contributed by atoms with van der Waals surface area (Å²) in [6, 6.07) is 0.380. The van der Waals surface area contributed by atoms with Gasteiger partial charge in [-0.1, -0.05) is 13.8 Å². The van der Waals surface area contributed by atoms with E-state index in [0.29, 0.717) is 29.2 Å². The van der Waals surface area contributed by atoms with Crippen LogP contribution in [0.5, 0.6) is 0 Å². The molecule has 4 heteroatoms. The predicted octanol–water partition coefficient (Wildman–Crippen LogP) is 3.91. The molecule has 1 unspecified atom stereocenters. The van der Waals surface area contributed by atoms with Crippen LogP contribution in [0.2, 0.25) is 0 Å². The maximum Gasteiger partial charge on any atom is 0.0591 e. The van der Waals surface area contributed by atoms with Crippen molar-refractivity contribution in [2.75, 3.05) is 27.2 Å². The van der Waals surface area contributed by atoms with Crippen LogP contribution in [0, 0.1) is 40.4 Å². The van der Waals surface area contributed by atoms with Gasteiger partial charge in [-0.3, -0.25) is 0 Å². The lowest BCUT2D eigenvalue weighted by Crippen LogP contribution is -2.55. The Hall–Kier alpha value is -0.160. The molecule has 4 nitrogen and oxygen atoms in total. The summed E-state index contributed by atoms with van der Waals surface area (Å²) in [4.78, 5) is 2.25. The summed E-state index contributed by atoms with van der Waals surface area (Å²) in [5.41, 5.74) is 0.689. The average molecular weight is 421 g/mol. The van der Waals surface area contributed by atoms with Crippen molar-refractivity contribution in [1.29, 1.82) is 0 Å². The quantitative estimate of drug-likeness (QED) is 0.570. The first-order chi connectivity index (χ1) is 14.2. The molecule has 174 valence electrons. The molecule has 4 fully saturated rings. The molecule has 3 N–H and O–H groups in total. The molecule has 0 bridgehead atoms. The standard InChI is InChI=1S/C26H48N2O2/c1-17(27-13-6-14-28(4)5)24-23(30)16-22-20-8-7-18-15-19(29)9-11-25(18,2)21(20)10-12-26(22,24)3/h17-24,27,29-30H,6-16H2,1-5H3/t17?,18-,19-,20+,21-,22-,23-,24-,25-,26-/m0/s1. The Morgan fingerprint density at radius 1 is 0.967 bits per heavy atom. The van der Waals surface area contributed by atoms with E-state index in [4.69, 9.17) is 0 Å². The van der Waals surface area contributed by atoms with Crippen LogP contribution in [0.4, 0.5) is 0 Å². The molecule has 0 spiro atoms. The Bertz CT molecular complexity index is 598. The lowest BCUT2D eigenvalue weighted by molar-refractivity contribution is -0.128. The van der Waals surface area contributed by atoms with Gasteiger partial charge in [-0.05, 0) is 126 Å². The van der Waals surface area contributed by atoms with Crippen molar-refractivity contribution >= 4 is 0 Å². The van der Waals surface area contributed by atoms with Gasteiger partial charge in [-0.15, -0.1) is 0 Å². The van der Waals surface area contributed by atoms with E-state index >= 15 is 0 Å². The third-order valence-corrected chi connectivity index (χ3v) is 10.5. The monoisotopic (exact) mass is 420 g/mol. The summed E-state index contributed by atoms with van der Waals surface area (Å²) in [6.45, 7) is 9.55. The third-order valence-electron chi connectivity index (χ3n) is 10.5. The summed E-state index contributed by atoms with van der Waals surface area (Å²) >= 11 is 0. The highest BCUT2D eigenvalue weighted by Gasteiger charge is 2.62. The Morgan fingerprint density at radius 3 is 2.43 bits per heavy atom. The van der Waals surface area contributed by atoms with E-state index in [1.165, 1.54) is 32.1 Å². The SMILES string of the molecule is CC(NCCCN(C)C)[C@H]1[C@@H](O)C[C@H]2[C@@H]3CC[C@H]4C[C@@H](O)CC[C@]4(C)[C@H]3CC[C@@]21C. The van der Waals surface area contributed by atoms with Gasteiger partial charge >= 0.3 is 0 Å². The van der Waals surface area contributed by atoms with Gasteiger partial charge in [0.1, 0.15) is 0 Å². The fourth-order valence-corrected chi connectivity index (χ4v) is 9.04. The van der Waals surface area contributed by atoms with Crippen LogP contribution in [-0.4, -0.2) is 60.5 Å². The number of fused-ring (bicyclic) bond motifs is 5. The van der Waals surface area contributed by atoms with Crippen LogP contribution < -0.4 is 5.32 Å². The highest BCUT2D eigenvalue weighted by Crippen LogP contribution is 2.67. The molecular weight excluding hydrogens is 372 g/mol. The number of rotatable bonds is 6. The molecular formula is C26H48N2O2. The minimum absolute atomic E-state index is 0.0643. The summed E-state index contributed by atoms with van der Waals surface area (Å²) in [5, 5.41) is 25.3. The van der Waals surface area contributed by atoms with E-state index in [1.54, 1.807) is 0 Å². The van der Waals surface area contributed by atoms with E-state index < -0.39 is 0 Å². The van der Waals surface area contributed by atoms with Crippen LogP contribution in [0.3, 0.4) is 0 Å². The number of aliphatic hydroxyl groups is 2. The van der Waals surface area contributed by atoms with E-state index in [9.17, 15) is 10.2 Å². The first-order valence-electron chi connectivity index (χ1n) is 12.9. The zero-order valence-corrected chi connectivity index (χ0v) is 20.2. The molecule has 4 aliphatic rings. The van der Waals surface area contributed by atoms with Crippen molar-refractivity contribution in [2.45, 2.75) is 96.8 Å². The molecule has 30 heavy (non-hydrogen) atoms. The van der Waals surface area contributed by atoms with E-state index in [1.807, 2.05) is 0 Å². The van der Waals surface area contributed by atoms with Crippen LogP contribution in [0.15, 0.2) is 0 Å². The number of hydrogen-bond donors (Lipinski definition) is 3. The molecule has 4 aliphatic carbocycles. The van der Waals surface area contributed by atoms with Gasteiger partial charge in [-0.25, -0.2) is 0 Å². The van der Waals surface area contributed by atoms with Gasteiger partial charge in [-0.2, -0.15) is 0 Å². The molecule has 0 heterocycles. The summed E-state index contributed by atoms with van der Waals surface area (Å²) in [7, 11) is 4.27. The van der Waals surface area contributed by atoms with Crippen molar-refractivity contribution < 1.29 is 10.2 Å². The van der Waals surface area contributed by atoms with Crippen LogP contribution >= 0.6 is 0 Å². The van der Waals surface area contributed by atoms with E-state index in [0.717, 1.165) is 50.6 Å². The zero-order valence-electron chi connectivity index (χ0n) is 20.2. The minimum Gasteiger partial charge on any atom is -0.393 e. The lowest BCUT2D eigenvalue weighted by Gasteiger charge is -2.61. The van der Waals surface area contributed by atoms with E-state index in [2.05, 4.69) is 45.1 Å². The number of aliphatic hydroxyl groups excluding tert-OH is 2. The molecule has 0 aromatic carbocycles. The molecule has 0 aliphatic heterocycles. The van der Waals surface area contributed by atoms with Gasteiger partial charge in [0.15, 0.2) is 0 Å². The highest BCUT2D eigenvalue weighted by atomic mass is 16.3. The first-order valence-corrected chi connectivity index (χ1v) is 12.9. The van der Waals surface area contributed by atoms with Gasteiger partial charge in [0.25, 0.3) is 0 Å². The van der Waals surface area contributed by atoms with E-state index in [-0.39, 0.29) is 17.6 Å². The third kappa shape index (κ3) is 3.89. The average Bonchev–Trinajstić information content (AvgIpc) is 2.95. The Labute approximate surface area is 185 Å². The second-order valence-electron chi connectivity index (χ2n) is 12.4. The molecule has 4 saturated carbocycles. The van der Waals surface area contributed by atoms with Crippen LogP contribution in [0.25, 0.3) is 0 Å². The number of nitrogens with zero attached hydrogens (tertiary/aromatic N) is 1. The first kappa shape index (κ1) is 23.0. The molecule has 0 saturated heterocycles. The van der Waals surface area contributed by atoms with Crippen molar-refractivity contribution in [3.63, 3.8) is 0 Å². The molecule has 0 aromatic rings. The molecule has 0 radical (unpaired) electrons.